The highest BCUT2D eigenvalue weighted by Crippen LogP contribution is 2.08. The zero-order valence-electron chi connectivity index (χ0n) is 8.86. The molecular weight excluding hydrogens is 176 g/mol. The second kappa shape index (κ2) is 5.78. The minimum Gasteiger partial charge on any atom is -0.393 e. The molecule has 0 bridgehead atoms. The van der Waals surface area contributed by atoms with E-state index in [2.05, 4.69) is 12.1 Å². The molecule has 78 valence electrons. The van der Waals surface area contributed by atoms with Gasteiger partial charge in [-0.1, -0.05) is 24.3 Å². The summed E-state index contributed by atoms with van der Waals surface area (Å²) in [5.74, 6) is 0. The zero-order chi connectivity index (χ0) is 10.4. The van der Waals surface area contributed by atoms with Crippen LogP contribution in [0, 0.1) is 0 Å². The summed E-state index contributed by atoms with van der Waals surface area (Å²) in [5, 5.41) is 9.25. The lowest BCUT2D eigenvalue weighted by Gasteiger charge is -2.06. The van der Waals surface area contributed by atoms with E-state index < -0.39 is 0 Å². The molecule has 2 nitrogen and oxygen atoms in total. The second-order valence-electron chi connectivity index (χ2n) is 3.62. The average Bonchev–Trinajstić information content (AvgIpc) is 2.14. The smallest absolute Gasteiger partial charge is 0.0552 e. The van der Waals surface area contributed by atoms with Gasteiger partial charge in [-0.2, -0.15) is 0 Å². The largest absolute Gasteiger partial charge is 0.393 e. The summed E-state index contributed by atoms with van der Waals surface area (Å²) in [6, 6.07) is 8.29. The van der Waals surface area contributed by atoms with Gasteiger partial charge in [-0.3, -0.25) is 0 Å². The van der Waals surface area contributed by atoms with Gasteiger partial charge in [0, 0.05) is 7.11 Å². The predicted molar refractivity (Wildman–Crippen MR) is 57.4 cm³/mol. The van der Waals surface area contributed by atoms with Crippen LogP contribution in [0.4, 0.5) is 0 Å². The Balaban J connectivity index is 2.59. The van der Waals surface area contributed by atoms with Gasteiger partial charge in [0.15, 0.2) is 0 Å². The van der Waals surface area contributed by atoms with Crippen LogP contribution in [0.1, 0.15) is 18.1 Å². The van der Waals surface area contributed by atoms with Crippen molar-refractivity contribution in [3.05, 3.63) is 35.4 Å². The normalized spacial score (nSPS) is 12.8. The number of aliphatic hydroxyl groups excluding tert-OH is 1. The van der Waals surface area contributed by atoms with Crippen molar-refractivity contribution in [2.45, 2.75) is 25.9 Å². The molecule has 0 saturated carbocycles. The maximum atomic E-state index is 9.25. The summed E-state index contributed by atoms with van der Waals surface area (Å²) >= 11 is 0. The van der Waals surface area contributed by atoms with Crippen LogP contribution in [0.5, 0.6) is 0 Å². The fourth-order valence-corrected chi connectivity index (χ4v) is 1.47. The highest BCUT2D eigenvalue weighted by Gasteiger charge is 2.00. The molecule has 0 amide bonds. The zero-order valence-corrected chi connectivity index (χ0v) is 8.86. The highest BCUT2D eigenvalue weighted by molar-refractivity contribution is 5.24. The monoisotopic (exact) mass is 194 g/mol. The summed E-state index contributed by atoms with van der Waals surface area (Å²) < 4.78 is 5.02. The third kappa shape index (κ3) is 3.90. The van der Waals surface area contributed by atoms with Gasteiger partial charge in [0.1, 0.15) is 0 Å². The van der Waals surface area contributed by atoms with E-state index in [1.54, 1.807) is 7.11 Å². The van der Waals surface area contributed by atoms with Gasteiger partial charge in [0.25, 0.3) is 0 Å². The van der Waals surface area contributed by atoms with Gasteiger partial charge in [0.2, 0.25) is 0 Å². The van der Waals surface area contributed by atoms with E-state index in [4.69, 9.17) is 4.74 Å². The van der Waals surface area contributed by atoms with E-state index in [0.29, 0.717) is 0 Å². The third-order valence-corrected chi connectivity index (χ3v) is 2.12. The molecule has 1 atom stereocenters. The maximum Gasteiger partial charge on any atom is 0.0552 e. The Morgan fingerprint density at radius 2 is 2.07 bits per heavy atom. The van der Waals surface area contributed by atoms with E-state index in [9.17, 15) is 5.11 Å². The van der Waals surface area contributed by atoms with Crippen molar-refractivity contribution >= 4 is 0 Å². The lowest BCUT2D eigenvalue weighted by molar-refractivity contribution is 0.195. The molecule has 1 N–H and O–H groups in total. The van der Waals surface area contributed by atoms with E-state index in [1.807, 2.05) is 19.1 Å². The molecule has 1 unspecified atom stereocenters. The topological polar surface area (TPSA) is 29.5 Å². The Morgan fingerprint density at radius 1 is 1.36 bits per heavy atom. The summed E-state index contributed by atoms with van der Waals surface area (Å²) in [6.07, 6.45) is 1.39. The second-order valence-corrected chi connectivity index (χ2v) is 3.62. The van der Waals surface area contributed by atoms with Crippen molar-refractivity contribution < 1.29 is 9.84 Å². The van der Waals surface area contributed by atoms with Crippen LogP contribution in [0.15, 0.2) is 24.3 Å². The molecule has 0 fully saturated rings. The Morgan fingerprint density at radius 3 is 2.71 bits per heavy atom. The summed E-state index contributed by atoms with van der Waals surface area (Å²) in [7, 11) is 1.71. The van der Waals surface area contributed by atoms with Crippen molar-refractivity contribution in [2.75, 3.05) is 13.7 Å². The first-order chi connectivity index (χ1) is 6.72. The van der Waals surface area contributed by atoms with Crippen molar-refractivity contribution in [3.63, 3.8) is 0 Å². The van der Waals surface area contributed by atoms with E-state index in [0.717, 1.165) is 19.4 Å². The van der Waals surface area contributed by atoms with Gasteiger partial charge >= 0.3 is 0 Å². The first-order valence-corrected chi connectivity index (χ1v) is 4.97. The van der Waals surface area contributed by atoms with Crippen LogP contribution in [0.3, 0.4) is 0 Å². The highest BCUT2D eigenvalue weighted by atomic mass is 16.5. The minimum absolute atomic E-state index is 0.271. The minimum atomic E-state index is -0.271. The number of hydrogen-bond acceptors (Lipinski definition) is 2. The van der Waals surface area contributed by atoms with Gasteiger partial charge < -0.3 is 9.84 Å². The number of methoxy groups -OCH3 is 1. The summed E-state index contributed by atoms with van der Waals surface area (Å²) in [5.41, 5.74) is 2.46. The Hall–Kier alpha value is -0.860. The predicted octanol–water partition coefficient (Wildman–Crippen LogP) is 1.80. The first-order valence-electron chi connectivity index (χ1n) is 4.97. The molecular formula is C12H18O2. The average molecular weight is 194 g/mol. The summed E-state index contributed by atoms with van der Waals surface area (Å²) in [6.45, 7) is 2.56. The number of benzene rings is 1. The van der Waals surface area contributed by atoms with Crippen molar-refractivity contribution in [2.24, 2.45) is 0 Å². The molecule has 0 radical (unpaired) electrons. The fourth-order valence-electron chi connectivity index (χ4n) is 1.47. The number of hydrogen-bond donors (Lipinski definition) is 1. The van der Waals surface area contributed by atoms with Crippen molar-refractivity contribution in [3.8, 4) is 0 Å². The van der Waals surface area contributed by atoms with Crippen LogP contribution in [-0.4, -0.2) is 24.9 Å². The van der Waals surface area contributed by atoms with Crippen LogP contribution in [0.25, 0.3) is 0 Å². The quantitative estimate of drug-likeness (QED) is 0.774. The molecule has 0 spiro atoms. The molecule has 0 aromatic heterocycles. The lowest BCUT2D eigenvalue weighted by Crippen LogP contribution is -2.04. The number of rotatable bonds is 5. The number of aliphatic hydroxyl groups is 1. The van der Waals surface area contributed by atoms with Crippen LogP contribution in [-0.2, 0) is 17.6 Å². The van der Waals surface area contributed by atoms with Crippen LogP contribution < -0.4 is 0 Å². The molecule has 1 aromatic rings. The van der Waals surface area contributed by atoms with Gasteiger partial charge in [-0.15, -0.1) is 0 Å². The van der Waals surface area contributed by atoms with E-state index in [1.165, 1.54) is 11.1 Å². The summed E-state index contributed by atoms with van der Waals surface area (Å²) in [4.78, 5) is 0. The molecule has 0 saturated heterocycles. The molecule has 0 aliphatic rings. The maximum absolute atomic E-state index is 9.25. The van der Waals surface area contributed by atoms with Crippen molar-refractivity contribution in [1.82, 2.24) is 0 Å². The standard InChI is InChI=1S/C12H18O2/c1-10(13)8-12-5-3-4-11(9-12)6-7-14-2/h3-5,9-10,13H,6-8H2,1-2H3. The van der Waals surface area contributed by atoms with E-state index >= 15 is 0 Å². The number of ether oxygens (including phenoxy) is 1. The molecule has 0 aliphatic heterocycles. The lowest BCUT2D eigenvalue weighted by atomic mass is 10.0. The SMILES string of the molecule is COCCc1cccc(CC(C)O)c1. The molecule has 14 heavy (non-hydrogen) atoms. The third-order valence-electron chi connectivity index (χ3n) is 2.12. The first kappa shape index (κ1) is 11.2. The van der Waals surface area contributed by atoms with Crippen LogP contribution >= 0.6 is 0 Å². The molecule has 2 heteroatoms. The molecule has 0 aliphatic carbocycles. The van der Waals surface area contributed by atoms with Gasteiger partial charge in [0.05, 0.1) is 12.7 Å². The fraction of sp³-hybridized carbons (Fsp3) is 0.500. The molecule has 1 aromatic carbocycles. The Kier molecular flexibility index (Phi) is 4.63. The van der Waals surface area contributed by atoms with Crippen molar-refractivity contribution in [1.29, 1.82) is 0 Å². The van der Waals surface area contributed by atoms with Gasteiger partial charge in [-0.25, -0.2) is 0 Å². The Labute approximate surface area is 85.5 Å². The van der Waals surface area contributed by atoms with Gasteiger partial charge in [-0.05, 0) is 30.9 Å². The molecule has 0 heterocycles. The molecule has 1 rings (SSSR count). The Bertz CT molecular complexity index is 269. The van der Waals surface area contributed by atoms with Crippen LogP contribution in [0.2, 0.25) is 0 Å². The van der Waals surface area contributed by atoms with E-state index in [-0.39, 0.29) is 6.10 Å².